The maximum absolute atomic E-state index is 13.1. The van der Waals surface area contributed by atoms with Crippen LogP contribution in [0.3, 0.4) is 0 Å². The van der Waals surface area contributed by atoms with E-state index in [1.165, 1.54) is 12.1 Å². The first-order valence-corrected chi connectivity index (χ1v) is 7.05. The summed E-state index contributed by atoms with van der Waals surface area (Å²) in [5.74, 6) is 0.923. The van der Waals surface area contributed by atoms with E-state index in [1.807, 2.05) is 6.92 Å². The highest BCUT2D eigenvalue weighted by Crippen LogP contribution is 2.14. The first-order valence-electron chi connectivity index (χ1n) is 7.05. The summed E-state index contributed by atoms with van der Waals surface area (Å²) in [4.78, 5) is 4.11. The van der Waals surface area contributed by atoms with Crippen molar-refractivity contribution < 1.29 is 13.9 Å². The van der Waals surface area contributed by atoms with Crippen molar-refractivity contribution in [3.63, 3.8) is 0 Å². The van der Waals surface area contributed by atoms with E-state index in [0.717, 1.165) is 6.42 Å². The summed E-state index contributed by atoms with van der Waals surface area (Å²) < 4.78 is 23.8. The van der Waals surface area contributed by atoms with Crippen molar-refractivity contribution in [2.75, 3.05) is 33.9 Å². The van der Waals surface area contributed by atoms with Gasteiger partial charge in [0.05, 0.1) is 13.2 Å². The van der Waals surface area contributed by atoms with E-state index in [4.69, 9.17) is 9.47 Å². The first-order chi connectivity index (χ1) is 10.2. The lowest BCUT2D eigenvalue weighted by molar-refractivity contribution is 0.197. The Bertz CT molecular complexity index is 447. The summed E-state index contributed by atoms with van der Waals surface area (Å²) in [6, 6.07) is 6.16. The van der Waals surface area contributed by atoms with E-state index in [-0.39, 0.29) is 35.9 Å². The van der Waals surface area contributed by atoms with E-state index in [2.05, 4.69) is 15.6 Å². The van der Waals surface area contributed by atoms with Gasteiger partial charge in [-0.1, -0.05) is 13.0 Å². The van der Waals surface area contributed by atoms with E-state index < -0.39 is 0 Å². The van der Waals surface area contributed by atoms with Crippen LogP contribution in [0.25, 0.3) is 0 Å². The number of benzene rings is 1. The standard InChI is InChI=1S/C15H24FN3O2.HI/c1-4-13(21-14-7-5-6-12(16)10-14)11-19-15(17-2)18-8-9-20-3;/h5-7,10,13H,4,8-9,11H2,1-3H3,(H2,17,18,19);1H. The third kappa shape index (κ3) is 8.38. The van der Waals surface area contributed by atoms with Crippen LogP contribution in [0.1, 0.15) is 13.3 Å². The average Bonchev–Trinajstić information content (AvgIpc) is 2.49. The molecule has 126 valence electrons. The molecule has 0 radical (unpaired) electrons. The van der Waals surface area contributed by atoms with Gasteiger partial charge in [-0.05, 0) is 18.6 Å². The number of nitrogens with zero attached hydrogens (tertiary/aromatic N) is 1. The number of ether oxygens (including phenoxy) is 2. The molecule has 7 heteroatoms. The highest BCUT2D eigenvalue weighted by molar-refractivity contribution is 14.0. The number of guanidine groups is 1. The Labute approximate surface area is 148 Å². The Hall–Kier alpha value is -1.09. The fourth-order valence-electron chi connectivity index (χ4n) is 1.70. The second kappa shape index (κ2) is 12.5. The van der Waals surface area contributed by atoms with Crippen LogP contribution in [0, 0.1) is 5.82 Å². The summed E-state index contributed by atoms with van der Waals surface area (Å²) in [5, 5.41) is 6.30. The van der Waals surface area contributed by atoms with Gasteiger partial charge < -0.3 is 20.1 Å². The molecule has 0 aromatic heterocycles. The fraction of sp³-hybridized carbons (Fsp3) is 0.533. The molecule has 0 aliphatic heterocycles. The third-order valence-corrected chi connectivity index (χ3v) is 2.87. The summed E-state index contributed by atoms with van der Waals surface area (Å²) in [7, 11) is 3.36. The summed E-state index contributed by atoms with van der Waals surface area (Å²) >= 11 is 0. The zero-order valence-electron chi connectivity index (χ0n) is 13.3. The normalized spacial score (nSPS) is 12.3. The number of hydrogen-bond acceptors (Lipinski definition) is 3. The zero-order valence-corrected chi connectivity index (χ0v) is 15.6. The van der Waals surface area contributed by atoms with E-state index in [9.17, 15) is 4.39 Å². The van der Waals surface area contributed by atoms with Crippen LogP contribution in [0.15, 0.2) is 29.3 Å². The van der Waals surface area contributed by atoms with Gasteiger partial charge in [0, 0.05) is 26.8 Å². The molecule has 1 unspecified atom stereocenters. The number of hydrogen-bond donors (Lipinski definition) is 2. The maximum Gasteiger partial charge on any atom is 0.191 e. The predicted octanol–water partition coefficient (Wildman–Crippen LogP) is 2.41. The average molecular weight is 425 g/mol. The molecule has 1 atom stereocenters. The Kier molecular flexibility index (Phi) is 11.8. The van der Waals surface area contributed by atoms with Crippen LogP contribution in [0.5, 0.6) is 5.75 Å². The molecule has 0 bridgehead atoms. The van der Waals surface area contributed by atoms with E-state index >= 15 is 0 Å². The molecule has 2 N–H and O–H groups in total. The van der Waals surface area contributed by atoms with Gasteiger partial charge in [0.15, 0.2) is 5.96 Å². The largest absolute Gasteiger partial charge is 0.489 e. The molecule has 0 saturated carbocycles. The van der Waals surface area contributed by atoms with Gasteiger partial charge in [0.2, 0.25) is 0 Å². The molecule has 1 aromatic rings. The molecule has 0 spiro atoms. The molecule has 22 heavy (non-hydrogen) atoms. The Balaban J connectivity index is 0.00000441. The van der Waals surface area contributed by atoms with Crippen LogP contribution in [0.4, 0.5) is 4.39 Å². The van der Waals surface area contributed by atoms with Gasteiger partial charge in [0.25, 0.3) is 0 Å². The van der Waals surface area contributed by atoms with Gasteiger partial charge in [-0.2, -0.15) is 0 Å². The quantitative estimate of drug-likeness (QED) is 0.291. The minimum atomic E-state index is -0.299. The third-order valence-electron chi connectivity index (χ3n) is 2.87. The fourth-order valence-corrected chi connectivity index (χ4v) is 1.70. The second-order valence-corrected chi connectivity index (χ2v) is 4.48. The molecule has 5 nitrogen and oxygen atoms in total. The predicted molar refractivity (Wildman–Crippen MR) is 97.8 cm³/mol. The first kappa shape index (κ1) is 20.9. The van der Waals surface area contributed by atoms with E-state index in [1.54, 1.807) is 26.3 Å². The van der Waals surface area contributed by atoms with Crippen LogP contribution < -0.4 is 15.4 Å². The summed E-state index contributed by atoms with van der Waals surface area (Å²) in [6.07, 6.45) is 0.742. The molecule has 0 aliphatic rings. The maximum atomic E-state index is 13.1. The smallest absolute Gasteiger partial charge is 0.191 e. The molecule has 0 aliphatic carbocycles. The number of methoxy groups -OCH3 is 1. The lowest BCUT2D eigenvalue weighted by atomic mass is 10.2. The van der Waals surface area contributed by atoms with Gasteiger partial charge >= 0.3 is 0 Å². The van der Waals surface area contributed by atoms with Crippen molar-refractivity contribution in [1.29, 1.82) is 0 Å². The van der Waals surface area contributed by atoms with Crippen molar-refractivity contribution in [2.45, 2.75) is 19.4 Å². The number of nitrogens with one attached hydrogen (secondary N) is 2. The summed E-state index contributed by atoms with van der Waals surface area (Å²) in [6.45, 7) is 3.89. The Morgan fingerprint density at radius 3 is 2.73 bits per heavy atom. The summed E-state index contributed by atoms with van der Waals surface area (Å²) in [5.41, 5.74) is 0. The highest BCUT2D eigenvalue weighted by atomic mass is 127. The lowest BCUT2D eigenvalue weighted by Crippen LogP contribution is -2.43. The molecule has 0 heterocycles. The minimum Gasteiger partial charge on any atom is -0.489 e. The van der Waals surface area contributed by atoms with Gasteiger partial charge in [-0.15, -0.1) is 24.0 Å². The Morgan fingerprint density at radius 1 is 1.36 bits per heavy atom. The highest BCUT2D eigenvalue weighted by Gasteiger charge is 2.09. The van der Waals surface area contributed by atoms with Gasteiger partial charge in [-0.25, -0.2) is 4.39 Å². The van der Waals surface area contributed by atoms with Crippen LogP contribution in [0.2, 0.25) is 0 Å². The number of halogens is 2. The number of aliphatic imine (C=N–C) groups is 1. The number of rotatable bonds is 8. The molecular weight excluding hydrogens is 400 g/mol. The molecule has 0 fully saturated rings. The van der Waals surface area contributed by atoms with Gasteiger partial charge in [-0.3, -0.25) is 4.99 Å². The van der Waals surface area contributed by atoms with Crippen molar-refractivity contribution >= 4 is 29.9 Å². The topological polar surface area (TPSA) is 54.9 Å². The zero-order chi connectivity index (χ0) is 15.5. The van der Waals surface area contributed by atoms with Crippen LogP contribution in [-0.4, -0.2) is 45.9 Å². The second-order valence-electron chi connectivity index (χ2n) is 4.48. The molecule has 1 rings (SSSR count). The van der Waals surface area contributed by atoms with Crippen LogP contribution >= 0.6 is 24.0 Å². The molecular formula is C15H25FIN3O2. The minimum absolute atomic E-state index is 0. The van der Waals surface area contributed by atoms with Gasteiger partial charge in [0.1, 0.15) is 17.7 Å². The van der Waals surface area contributed by atoms with E-state index in [0.29, 0.717) is 31.4 Å². The van der Waals surface area contributed by atoms with Crippen molar-refractivity contribution in [1.82, 2.24) is 10.6 Å². The molecule has 0 saturated heterocycles. The molecule has 0 amide bonds. The van der Waals surface area contributed by atoms with Crippen molar-refractivity contribution in [2.24, 2.45) is 4.99 Å². The van der Waals surface area contributed by atoms with Crippen molar-refractivity contribution in [3.05, 3.63) is 30.1 Å². The SMILES string of the molecule is CCC(CNC(=NC)NCCOC)Oc1cccc(F)c1.I. The monoisotopic (exact) mass is 425 g/mol. The van der Waals surface area contributed by atoms with Crippen LogP contribution in [-0.2, 0) is 4.74 Å². The van der Waals surface area contributed by atoms with Crippen molar-refractivity contribution in [3.8, 4) is 5.75 Å². The Morgan fingerprint density at radius 2 is 2.14 bits per heavy atom. The lowest BCUT2D eigenvalue weighted by Gasteiger charge is -2.20. The molecule has 1 aromatic carbocycles.